The van der Waals surface area contributed by atoms with Crippen molar-refractivity contribution in [1.82, 2.24) is 4.90 Å². The topological polar surface area (TPSA) is 72.9 Å². The average Bonchev–Trinajstić information content (AvgIpc) is 2.80. The summed E-state index contributed by atoms with van der Waals surface area (Å²) in [6, 6.07) is 8.29. The first-order chi connectivity index (χ1) is 11.2. The average molecular weight is 333 g/mol. The Morgan fingerprint density at radius 2 is 1.83 bits per heavy atom. The molecule has 2 atom stereocenters. The Morgan fingerprint density at radius 1 is 1.21 bits per heavy atom. The zero-order valence-electron chi connectivity index (χ0n) is 14.4. The SMILES string of the molecule is CC1C[C@@H](C(=O)OCc2ccccc2)N(C(=O)OC(C)(C)C)C1=O. The molecule has 0 saturated carbocycles. The lowest BCUT2D eigenvalue weighted by Gasteiger charge is -2.26. The van der Waals surface area contributed by atoms with Gasteiger partial charge in [0, 0.05) is 5.92 Å². The van der Waals surface area contributed by atoms with Gasteiger partial charge in [0.2, 0.25) is 5.91 Å². The van der Waals surface area contributed by atoms with Crippen LogP contribution in [0.25, 0.3) is 0 Å². The van der Waals surface area contributed by atoms with Gasteiger partial charge in [-0.2, -0.15) is 0 Å². The van der Waals surface area contributed by atoms with Crippen LogP contribution in [0.3, 0.4) is 0 Å². The van der Waals surface area contributed by atoms with E-state index in [9.17, 15) is 14.4 Å². The van der Waals surface area contributed by atoms with Crippen LogP contribution in [-0.2, 0) is 25.7 Å². The molecule has 2 amide bonds. The molecule has 1 heterocycles. The molecular formula is C18H23NO5. The maximum atomic E-state index is 12.4. The summed E-state index contributed by atoms with van der Waals surface area (Å²) in [5.41, 5.74) is 0.0915. The second kappa shape index (κ2) is 7.03. The van der Waals surface area contributed by atoms with Gasteiger partial charge in [-0.1, -0.05) is 37.3 Å². The van der Waals surface area contributed by atoms with E-state index in [0.29, 0.717) is 0 Å². The van der Waals surface area contributed by atoms with E-state index in [0.717, 1.165) is 10.5 Å². The molecule has 0 spiro atoms. The predicted molar refractivity (Wildman–Crippen MR) is 86.9 cm³/mol. The molecule has 1 aromatic rings. The molecule has 6 nitrogen and oxygen atoms in total. The standard InChI is InChI=1S/C18H23NO5/c1-12-10-14(16(21)23-11-13-8-6-5-7-9-13)19(15(12)20)17(22)24-18(2,3)4/h5-9,12,14H,10-11H2,1-4H3/t12?,14-/m0/s1. The fourth-order valence-electron chi connectivity index (χ4n) is 2.49. The van der Waals surface area contributed by atoms with Crippen LogP contribution in [0.1, 0.15) is 39.7 Å². The summed E-state index contributed by atoms with van der Waals surface area (Å²) < 4.78 is 10.5. The number of carbonyl (C=O) groups is 3. The maximum absolute atomic E-state index is 12.4. The van der Waals surface area contributed by atoms with Crippen molar-refractivity contribution in [3.05, 3.63) is 35.9 Å². The first-order valence-electron chi connectivity index (χ1n) is 7.95. The van der Waals surface area contributed by atoms with Crippen LogP contribution >= 0.6 is 0 Å². The summed E-state index contributed by atoms with van der Waals surface area (Å²) in [6.07, 6.45) is -0.565. The Morgan fingerprint density at radius 3 is 2.42 bits per heavy atom. The maximum Gasteiger partial charge on any atom is 0.417 e. The van der Waals surface area contributed by atoms with E-state index in [2.05, 4.69) is 0 Å². The summed E-state index contributed by atoms with van der Waals surface area (Å²) in [7, 11) is 0. The minimum Gasteiger partial charge on any atom is -0.459 e. The third kappa shape index (κ3) is 4.34. The fourth-order valence-corrected chi connectivity index (χ4v) is 2.49. The van der Waals surface area contributed by atoms with Gasteiger partial charge in [0.15, 0.2) is 0 Å². The highest BCUT2D eigenvalue weighted by atomic mass is 16.6. The Bertz CT molecular complexity index is 620. The van der Waals surface area contributed by atoms with Crippen molar-refractivity contribution in [3.8, 4) is 0 Å². The lowest BCUT2D eigenvalue weighted by molar-refractivity contribution is -0.152. The van der Waals surface area contributed by atoms with Crippen LogP contribution in [-0.4, -0.2) is 34.5 Å². The molecule has 24 heavy (non-hydrogen) atoms. The number of nitrogens with zero attached hydrogens (tertiary/aromatic N) is 1. The van der Waals surface area contributed by atoms with Crippen LogP contribution in [0.5, 0.6) is 0 Å². The number of hydrogen-bond donors (Lipinski definition) is 0. The van der Waals surface area contributed by atoms with Gasteiger partial charge < -0.3 is 9.47 Å². The minimum atomic E-state index is -0.939. The Hall–Kier alpha value is -2.37. The molecule has 1 aromatic carbocycles. The summed E-state index contributed by atoms with van der Waals surface area (Å²) in [6.45, 7) is 6.90. The van der Waals surface area contributed by atoms with Crippen LogP contribution < -0.4 is 0 Å². The molecule has 1 aliphatic heterocycles. The molecule has 1 aliphatic rings. The third-order valence-electron chi connectivity index (χ3n) is 3.63. The van der Waals surface area contributed by atoms with Crippen molar-refractivity contribution in [2.24, 2.45) is 5.92 Å². The molecule has 130 valence electrons. The smallest absolute Gasteiger partial charge is 0.417 e. The first kappa shape index (κ1) is 18.0. The van der Waals surface area contributed by atoms with Crippen LogP contribution in [0, 0.1) is 5.92 Å². The highest BCUT2D eigenvalue weighted by Gasteiger charge is 2.47. The fraction of sp³-hybridized carbons (Fsp3) is 0.500. The predicted octanol–water partition coefficient (Wildman–Crippen LogP) is 2.90. The number of esters is 1. The van der Waals surface area contributed by atoms with Gasteiger partial charge in [-0.15, -0.1) is 0 Å². The number of amides is 2. The number of carbonyl (C=O) groups excluding carboxylic acids is 3. The van der Waals surface area contributed by atoms with Gasteiger partial charge in [-0.05, 0) is 32.8 Å². The zero-order valence-corrected chi connectivity index (χ0v) is 14.4. The summed E-state index contributed by atoms with van der Waals surface area (Å²) in [4.78, 5) is 37.8. The van der Waals surface area contributed by atoms with Crippen molar-refractivity contribution >= 4 is 18.0 Å². The summed E-state index contributed by atoms with van der Waals surface area (Å²) >= 11 is 0. The van der Waals surface area contributed by atoms with E-state index in [4.69, 9.17) is 9.47 Å². The van der Waals surface area contributed by atoms with E-state index in [1.807, 2.05) is 30.3 Å². The molecule has 0 bridgehead atoms. The second-order valence-electron chi connectivity index (χ2n) is 6.93. The Kier molecular flexibility index (Phi) is 5.26. The molecule has 0 radical (unpaired) electrons. The van der Waals surface area contributed by atoms with E-state index in [-0.39, 0.29) is 13.0 Å². The van der Waals surface area contributed by atoms with Gasteiger partial charge in [0.05, 0.1) is 0 Å². The summed E-state index contributed by atoms with van der Waals surface area (Å²) in [5, 5.41) is 0. The molecule has 1 unspecified atom stereocenters. The van der Waals surface area contributed by atoms with Crippen LogP contribution in [0.4, 0.5) is 4.79 Å². The first-order valence-corrected chi connectivity index (χ1v) is 7.95. The largest absolute Gasteiger partial charge is 0.459 e. The van der Waals surface area contributed by atoms with Crippen molar-refractivity contribution in [1.29, 1.82) is 0 Å². The van der Waals surface area contributed by atoms with Crippen molar-refractivity contribution in [3.63, 3.8) is 0 Å². The van der Waals surface area contributed by atoms with E-state index >= 15 is 0 Å². The monoisotopic (exact) mass is 333 g/mol. The van der Waals surface area contributed by atoms with E-state index in [1.54, 1.807) is 27.7 Å². The van der Waals surface area contributed by atoms with Gasteiger partial charge in [0.1, 0.15) is 18.2 Å². The number of likely N-dealkylation sites (tertiary alicyclic amines) is 1. The van der Waals surface area contributed by atoms with E-state index in [1.165, 1.54) is 0 Å². The summed E-state index contributed by atoms with van der Waals surface area (Å²) in [5.74, 6) is -1.43. The van der Waals surface area contributed by atoms with Crippen molar-refractivity contribution < 1.29 is 23.9 Å². The Balaban J connectivity index is 2.07. The molecular weight excluding hydrogens is 310 g/mol. The number of rotatable bonds is 3. The quantitative estimate of drug-likeness (QED) is 0.795. The second-order valence-corrected chi connectivity index (χ2v) is 6.93. The third-order valence-corrected chi connectivity index (χ3v) is 3.63. The molecule has 2 rings (SSSR count). The lowest BCUT2D eigenvalue weighted by atomic mass is 10.1. The minimum absolute atomic E-state index is 0.0981. The molecule has 6 heteroatoms. The highest BCUT2D eigenvalue weighted by Crippen LogP contribution is 2.27. The lowest BCUT2D eigenvalue weighted by Crippen LogP contribution is -2.46. The molecule has 1 saturated heterocycles. The number of hydrogen-bond acceptors (Lipinski definition) is 5. The molecule has 0 N–H and O–H groups in total. The highest BCUT2D eigenvalue weighted by molar-refractivity contribution is 6.00. The van der Waals surface area contributed by atoms with Crippen LogP contribution in [0.15, 0.2) is 30.3 Å². The van der Waals surface area contributed by atoms with Gasteiger partial charge >= 0.3 is 12.1 Å². The number of imide groups is 1. The zero-order chi connectivity index (χ0) is 17.9. The van der Waals surface area contributed by atoms with Crippen molar-refractivity contribution in [2.75, 3.05) is 0 Å². The van der Waals surface area contributed by atoms with Gasteiger partial charge in [0.25, 0.3) is 0 Å². The number of ether oxygens (including phenoxy) is 2. The molecule has 0 aliphatic carbocycles. The van der Waals surface area contributed by atoms with Gasteiger partial charge in [-0.3, -0.25) is 4.79 Å². The molecule has 0 aromatic heterocycles. The van der Waals surface area contributed by atoms with Crippen LogP contribution in [0.2, 0.25) is 0 Å². The van der Waals surface area contributed by atoms with E-state index < -0.39 is 35.5 Å². The van der Waals surface area contributed by atoms with Gasteiger partial charge in [-0.25, -0.2) is 14.5 Å². The molecule has 1 fully saturated rings. The number of benzene rings is 1. The normalized spacial score (nSPS) is 20.8. The van der Waals surface area contributed by atoms with Crippen molar-refractivity contribution in [2.45, 2.75) is 52.4 Å². The Labute approximate surface area is 141 Å².